The maximum Gasteiger partial charge on any atom is 0.416 e. The zero-order valence-electron chi connectivity index (χ0n) is 9.78. The van der Waals surface area contributed by atoms with Gasteiger partial charge in [-0.2, -0.15) is 13.2 Å². The van der Waals surface area contributed by atoms with Gasteiger partial charge in [0.1, 0.15) is 11.9 Å². The Labute approximate surface area is 112 Å². The van der Waals surface area contributed by atoms with Crippen LogP contribution >= 0.6 is 11.6 Å². The third-order valence-corrected chi connectivity index (χ3v) is 3.12. The fourth-order valence-corrected chi connectivity index (χ4v) is 2.05. The molecule has 0 spiro atoms. The Hall–Kier alpha value is -1.43. The SMILES string of the molecule is O=C(Cl)N1CCC(Oc2ccc(C(F)(F)F)cc2)C1. The van der Waals surface area contributed by atoms with Crippen LogP contribution in [0, 0.1) is 0 Å². The number of hydrogen-bond acceptors (Lipinski definition) is 2. The molecule has 1 saturated heterocycles. The van der Waals surface area contributed by atoms with E-state index in [2.05, 4.69) is 0 Å². The second kappa shape index (κ2) is 5.28. The van der Waals surface area contributed by atoms with Gasteiger partial charge < -0.3 is 9.64 Å². The van der Waals surface area contributed by atoms with E-state index in [-0.39, 0.29) is 6.10 Å². The molecule has 7 heteroatoms. The van der Waals surface area contributed by atoms with Gasteiger partial charge in [0.05, 0.1) is 12.1 Å². The Morgan fingerprint density at radius 1 is 1.32 bits per heavy atom. The van der Waals surface area contributed by atoms with E-state index in [0.29, 0.717) is 25.3 Å². The highest BCUT2D eigenvalue weighted by atomic mass is 35.5. The number of carbonyl (C=O) groups is 1. The van der Waals surface area contributed by atoms with Crippen molar-refractivity contribution in [3.63, 3.8) is 0 Å². The quantitative estimate of drug-likeness (QED) is 0.617. The lowest BCUT2D eigenvalue weighted by molar-refractivity contribution is -0.137. The maximum absolute atomic E-state index is 12.4. The van der Waals surface area contributed by atoms with E-state index < -0.39 is 17.1 Å². The summed E-state index contributed by atoms with van der Waals surface area (Å²) in [4.78, 5) is 12.3. The van der Waals surface area contributed by atoms with E-state index in [1.165, 1.54) is 17.0 Å². The second-order valence-corrected chi connectivity index (χ2v) is 4.57. The number of hydrogen-bond donors (Lipinski definition) is 0. The average molecular weight is 294 g/mol. The number of halogens is 4. The Kier molecular flexibility index (Phi) is 3.89. The van der Waals surface area contributed by atoms with E-state index in [1.807, 2.05) is 0 Å². The molecule has 19 heavy (non-hydrogen) atoms. The molecule has 0 saturated carbocycles. The second-order valence-electron chi connectivity index (χ2n) is 4.25. The monoisotopic (exact) mass is 293 g/mol. The van der Waals surface area contributed by atoms with Gasteiger partial charge in [0.25, 0.3) is 0 Å². The van der Waals surface area contributed by atoms with Crippen molar-refractivity contribution in [1.82, 2.24) is 4.90 Å². The third-order valence-electron chi connectivity index (χ3n) is 2.88. The van der Waals surface area contributed by atoms with Gasteiger partial charge in [0.15, 0.2) is 0 Å². The van der Waals surface area contributed by atoms with Crippen molar-refractivity contribution < 1.29 is 22.7 Å². The molecule has 2 rings (SSSR count). The molecule has 1 aliphatic heterocycles. The summed E-state index contributed by atoms with van der Waals surface area (Å²) >= 11 is 5.33. The van der Waals surface area contributed by atoms with E-state index >= 15 is 0 Å². The van der Waals surface area contributed by atoms with Crippen molar-refractivity contribution in [3.05, 3.63) is 29.8 Å². The third kappa shape index (κ3) is 3.53. The van der Waals surface area contributed by atoms with Crippen molar-refractivity contribution in [2.45, 2.75) is 18.7 Å². The molecule has 1 aliphatic rings. The van der Waals surface area contributed by atoms with Crippen molar-refractivity contribution >= 4 is 17.0 Å². The minimum Gasteiger partial charge on any atom is -0.489 e. The predicted octanol–water partition coefficient (Wildman–Crippen LogP) is 3.52. The van der Waals surface area contributed by atoms with Gasteiger partial charge in [-0.15, -0.1) is 0 Å². The lowest BCUT2D eigenvalue weighted by Gasteiger charge is -2.15. The first kappa shape index (κ1) is 14.0. The number of alkyl halides is 3. The van der Waals surface area contributed by atoms with Gasteiger partial charge in [0, 0.05) is 13.0 Å². The van der Waals surface area contributed by atoms with Gasteiger partial charge >= 0.3 is 11.5 Å². The summed E-state index contributed by atoms with van der Waals surface area (Å²) in [5, 5.41) is -0.543. The molecule has 1 aromatic carbocycles. The normalized spacial score (nSPS) is 19.6. The van der Waals surface area contributed by atoms with Crippen LogP contribution < -0.4 is 4.74 Å². The molecule has 1 amide bonds. The number of rotatable bonds is 2. The average Bonchev–Trinajstić information content (AvgIpc) is 2.77. The number of ether oxygens (including phenoxy) is 1. The standard InChI is InChI=1S/C12H11ClF3NO2/c13-11(18)17-6-5-10(7-17)19-9-3-1-8(2-4-9)12(14,15)16/h1-4,10H,5-7H2. The van der Waals surface area contributed by atoms with Crippen LogP contribution in [0.4, 0.5) is 18.0 Å². The summed E-state index contributed by atoms with van der Waals surface area (Å²) in [6, 6.07) is 4.48. The van der Waals surface area contributed by atoms with Gasteiger partial charge in [-0.05, 0) is 35.9 Å². The zero-order chi connectivity index (χ0) is 14.0. The van der Waals surface area contributed by atoms with E-state index in [1.54, 1.807) is 0 Å². The van der Waals surface area contributed by atoms with Crippen LogP contribution in [0.2, 0.25) is 0 Å². The van der Waals surface area contributed by atoms with Crippen molar-refractivity contribution in [2.24, 2.45) is 0 Å². The molecule has 0 aromatic heterocycles. The molecule has 3 nitrogen and oxygen atoms in total. The first-order valence-corrected chi connectivity index (χ1v) is 6.02. The molecule has 0 bridgehead atoms. The Balaban J connectivity index is 1.96. The van der Waals surface area contributed by atoms with Crippen LogP contribution in [0.25, 0.3) is 0 Å². The topological polar surface area (TPSA) is 29.5 Å². The molecule has 1 atom stereocenters. The molecular weight excluding hydrogens is 283 g/mol. The van der Waals surface area contributed by atoms with Crippen molar-refractivity contribution in [1.29, 1.82) is 0 Å². The van der Waals surface area contributed by atoms with Crippen LogP contribution in [0.5, 0.6) is 5.75 Å². The van der Waals surface area contributed by atoms with Gasteiger partial charge in [0.2, 0.25) is 0 Å². The molecule has 0 radical (unpaired) electrons. The smallest absolute Gasteiger partial charge is 0.416 e. The van der Waals surface area contributed by atoms with Crippen molar-refractivity contribution in [3.8, 4) is 5.75 Å². The van der Waals surface area contributed by atoms with Gasteiger partial charge in [-0.3, -0.25) is 4.79 Å². The summed E-state index contributed by atoms with van der Waals surface area (Å²) in [5.41, 5.74) is -0.719. The molecule has 1 fully saturated rings. The number of likely N-dealkylation sites (tertiary alicyclic amines) is 1. The van der Waals surface area contributed by atoms with Crippen LogP contribution in [-0.4, -0.2) is 29.5 Å². The zero-order valence-corrected chi connectivity index (χ0v) is 10.5. The summed E-state index contributed by atoms with van der Waals surface area (Å²) in [6.07, 6.45) is -3.98. The number of carbonyl (C=O) groups excluding carboxylic acids is 1. The lowest BCUT2D eigenvalue weighted by Crippen LogP contribution is -2.26. The van der Waals surface area contributed by atoms with Crippen molar-refractivity contribution in [2.75, 3.05) is 13.1 Å². The predicted molar refractivity (Wildman–Crippen MR) is 63.3 cm³/mol. The first-order valence-electron chi connectivity index (χ1n) is 5.64. The molecule has 1 unspecified atom stereocenters. The van der Waals surface area contributed by atoms with Gasteiger partial charge in [-0.25, -0.2) is 0 Å². The summed E-state index contributed by atoms with van der Waals surface area (Å²) in [5.74, 6) is 0.349. The largest absolute Gasteiger partial charge is 0.489 e. The summed E-state index contributed by atoms with van der Waals surface area (Å²) < 4.78 is 42.6. The molecule has 1 heterocycles. The van der Waals surface area contributed by atoms with Crippen LogP contribution in [-0.2, 0) is 6.18 Å². The minimum atomic E-state index is -4.35. The lowest BCUT2D eigenvalue weighted by atomic mass is 10.2. The fourth-order valence-electron chi connectivity index (χ4n) is 1.90. The Morgan fingerprint density at radius 3 is 2.42 bits per heavy atom. The molecule has 104 valence electrons. The van der Waals surface area contributed by atoms with E-state index in [9.17, 15) is 18.0 Å². The molecular formula is C12H11ClF3NO2. The van der Waals surface area contributed by atoms with Crippen LogP contribution in [0.15, 0.2) is 24.3 Å². The Bertz CT molecular complexity index is 461. The van der Waals surface area contributed by atoms with Crippen LogP contribution in [0.3, 0.4) is 0 Å². The van der Waals surface area contributed by atoms with E-state index in [0.717, 1.165) is 12.1 Å². The Morgan fingerprint density at radius 2 is 1.95 bits per heavy atom. The van der Waals surface area contributed by atoms with Gasteiger partial charge in [-0.1, -0.05) is 0 Å². The van der Waals surface area contributed by atoms with E-state index in [4.69, 9.17) is 16.3 Å². The summed E-state index contributed by atoms with van der Waals surface area (Å²) in [7, 11) is 0. The number of amides is 1. The minimum absolute atomic E-state index is 0.237. The number of benzene rings is 1. The molecule has 1 aromatic rings. The highest BCUT2D eigenvalue weighted by molar-refractivity contribution is 6.62. The fraction of sp³-hybridized carbons (Fsp3) is 0.417. The highest BCUT2D eigenvalue weighted by Crippen LogP contribution is 2.30. The molecule has 0 N–H and O–H groups in total. The summed E-state index contributed by atoms with van der Waals surface area (Å²) in [6.45, 7) is 0.844. The van der Waals surface area contributed by atoms with Crippen LogP contribution in [0.1, 0.15) is 12.0 Å². The highest BCUT2D eigenvalue weighted by Gasteiger charge is 2.30. The first-order chi connectivity index (χ1) is 8.86. The number of nitrogens with zero attached hydrogens (tertiary/aromatic N) is 1. The molecule has 0 aliphatic carbocycles. The maximum atomic E-state index is 12.4.